The van der Waals surface area contributed by atoms with Crippen LogP contribution in [-0.4, -0.2) is 118 Å². The van der Waals surface area contributed by atoms with Crippen molar-refractivity contribution in [1.29, 1.82) is 0 Å². The molecule has 12 aliphatic rings. The molecule has 19 rings (SSSR count). The van der Waals surface area contributed by atoms with E-state index in [4.69, 9.17) is 71.1 Å². The van der Waals surface area contributed by atoms with Crippen LogP contribution < -0.4 is 149 Å². The summed E-state index contributed by atoms with van der Waals surface area (Å²) in [5, 5.41) is 17.0. The molecule has 3 heterocycles. The SMILES string of the molecule is COC1CCC2(CC1)Cc1ccc(CCC3CC3)cc1C21NC(=S)NC1=O.COc1cccc(CBr)c1.COc1cccc(CN2C(=O)C3(N=C2N)c2cc(CCC4CC4)ccc2CC32CCC(OC)CC2)c1.COc1cccc(CSC2=NC3(C(=O)N2Cc2cccc(OC)c2)c2cc(CCC4CC4)ccc2CC32CCC(OC)CC2)c1.I.N.O=CO[O-].[H-].[K+].[K+]. The van der Waals surface area contributed by atoms with Crippen LogP contribution in [0.15, 0.2) is 162 Å². The zero-order valence-electron chi connectivity index (χ0n) is 75.9. The van der Waals surface area contributed by atoms with Crippen LogP contribution in [0.25, 0.3) is 0 Å². The number of carbonyl (C=O) groups is 4. The molecule has 7 aromatic rings. The maximum Gasteiger partial charge on any atom is 1.00 e. The van der Waals surface area contributed by atoms with Gasteiger partial charge in [0.1, 0.15) is 23.0 Å². The van der Waals surface area contributed by atoms with Crippen molar-refractivity contribution >= 4 is 104 Å². The summed E-state index contributed by atoms with van der Waals surface area (Å²) in [6, 6.07) is 52.7. The van der Waals surface area contributed by atoms with Crippen LogP contribution in [0.2, 0.25) is 0 Å². The first-order valence-electron chi connectivity index (χ1n) is 43.9. The fraction of sp³-hybridized carbons (Fsp3) is 0.505. The Morgan fingerprint density at radius 1 is 0.500 bits per heavy atom. The molecule has 6 saturated carbocycles. The number of aliphatic imine (C=N–C) groups is 2. The molecule has 3 aliphatic heterocycles. The molecule has 9 aliphatic carbocycles. The van der Waals surface area contributed by atoms with Gasteiger partial charge in [0.25, 0.3) is 24.2 Å². The third-order valence-corrected chi connectivity index (χ3v) is 30.6. The number of amidine groups is 1. The van der Waals surface area contributed by atoms with Gasteiger partial charge in [-0.15, -0.1) is 24.0 Å². The summed E-state index contributed by atoms with van der Waals surface area (Å²) in [4.78, 5) is 68.8. The number of ether oxygens (including phenoxy) is 7. The van der Waals surface area contributed by atoms with Gasteiger partial charge in [-0.3, -0.25) is 29.0 Å². The average Bonchev–Trinajstić information content (AvgIpc) is 1.54. The normalized spacial score (nSPS) is 25.8. The van der Waals surface area contributed by atoms with Gasteiger partial charge >= 0.3 is 103 Å². The van der Waals surface area contributed by atoms with E-state index in [9.17, 15) is 9.59 Å². The number of fused-ring (bicyclic) bond motifs is 9. The minimum atomic E-state index is -0.945. The molecule has 126 heavy (non-hydrogen) atoms. The third-order valence-electron chi connectivity index (χ3n) is 28.7. The van der Waals surface area contributed by atoms with E-state index in [1.807, 2.05) is 84.8 Å². The van der Waals surface area contributed by atoms with E-state index in [0.717, 1.165) is 195 Å². The number of methoxy groups -OCH3 is 7. The first kappa shape index (κ1) is 102. The number of guanidine groups is 1. The molecule has 7 fully saturated rings. The van der Waals surface area contributed by atoms with Crippen molar-refractivity contribution < 1.29 is 167 Å². The van der Waals surface area contributed by atoms with Gasteiger partial charge in [0.2, 0.25) is 0 Å². The van der Waals surface area contributed by atoms with Crippen LogP contribution in [0.3, 0.4) is 0 Å². The Morgan fingerprint density at radius 2 is 0.857 bits per heavy atom. The molecule has 3 atom stereocenters. The fourth-order valence-electron chi connectivity index (χ4n) is 21.4. The Bertz CT molecular complexity index is 5000. The van der Waals surface area contributed by atoms with Crippen molar-refractivity contribution in [2.45, 2.75) is 232 Å². The second kappa shape index (κ2) is 45.3. The smallest absolute Gasteiger partial charge is 1.00 e. The number of nitrogens with zero attached hydrogens (tertiary/aromatic N) is 4. The third kappa shape index (κ3) is 21.7. The number of nitrogens with two attached hydrogens (primary N) is 1. The van der Waals surface area contributed by atoms with Gasteiger partial charge in [-0.2, -0.15) is 0 Å². The molecule has 7 N–H and O–H groups in total. The average molecular weight is 1980 g/mol. The second-order valence-electron chi connectivity index (χ2n) is 35.8. The molecular formula is C99H124BrIK2N8O13S2. The molecular weight excluding hydrogens is 1860 g/mol. The van der Waals surface area contributed by atoms with Crippen LogP contribution in [0, 0.1) is 34.0 Å². The monoisotopic (exact) mass is 1980 g/mol. The van der Waals surface area contributed by atoms with Gasteiger partial charge < -0.3 is 67.2 Å². The van der Waals surface area contributed by atoms with Crippen molar-refractivity contribution in [3.63, 3.8) is 0 Å². The Balaban J connectivity index is 0.000000185. The summed E-state index contributed by atoms with van der Waals surface area (Å²) < 4.78 is 38.6. The summed E-state index contributed by atoms with van der Waals surface area (Å²) in [5.74, 6) is 7.18. The number of benzene rings is 7. The number of thiocarbonyl (C=S) groups is 1. The molecule has 666 valence electrons. The van der Waals surface area contributed by atoms with E-state index >= 15 is 4.79 Å². The van der Waals surface area contributed by atoms with Gasteiger partial charge in [0.05, 0.1) is 59.8 Å². The minimum Gasteiger partial charge on any atom is -1.00 e. The van der Waals surface area contributed by atoms with Crippen molar-refractivity contribution in [3.05, 3.63) is 224 Å². The summed E-state index contributed by atoms with van der Waals surface area (Å²) in [6.45, 7) is 0.663. The zero-order valence-corrected chi connectivity index (χ0v) is 86.7. The van der Waals surface area contributed by atoms with Gasteiger partial charge in [0, 0.05) is 48.7 Å². The van der Waals surface area contributed by atoms with E-state index in [1.54, 1.807) is 59.3 Å². The fourth-order valence-corrected chi connectivity index (χ4v) is 23.0. The molecule has 21 nitrogen and oxygen atoms in total. The number of alkyl halides is 1. The van der Waals surface area contributed by atoms with E-state index in [1.165, 1.54) is 102 Å². The zero-order chi connectivity index (χ0) is 85.4. The Labute approximate surface area is 866 Å². The maximum absolute atomic E-state index is 15.3. The maximum atomic E-state index is 15.3. The number of rotatable bonds is 24. The molecule has 6 spiro atoms. The summed E-state index contributed by atoms with van der Waals surface area (Å²) >= 11 is 10.4. The van der Waals surface area contributed by atoms with Crippen LogP contribution >= 0.6 is 63.9 Å². The summed E-state index contributed by atoms with van der Waals surface area (Å²) in [6.07, 6.45) is 30.1. The van der Waals surface area contributed by atoms with Gasteiger partial charge in [-0.05, 0) is 286 Å². The largest absolute Gasteiger partial charge is 1.00 e. The Kier molecular flexibility index (Phi) is 36.6. The Morgan fingerprint density at radius 3 is 1.25 bits per heavy atom. The first-order chi connectivity index (χ1) is 59.3. The number of amides is 3. The summed E-state index contributed by atoms with van der Waals surface area (Å²) in [5.41, 5.74) is 19.0. The van der Waals surface area contributed by atoms with Crippen molar-refractivity contribution in [2.75, 3.05) is 49.8 Å². The molecule has 27 heteroatoms. The van der Waals surface area contributed by atoms with E-state index in [0.29, 0.717) is 36.0 Å². The minimum absolute atomic E-state index is 0. The summed E-state index contributed by atoms with van der Waals surface area (Å²) in [7, 11) is 12.1. The number of thioether (sulfide) groups is 1. The number of carbonyl (C=O) groups excluding carboxylic acids is 4. The standard InChI is InChI=1S/C38H44N2O4S.C30H37N3O3.C22H28N2O2S.C8H9BrO.CH2O3.HI.2K.H3N.H/c1-42-31-16-18-37(19-17-31)23-30-15-14-27(13-12-26-10-11-26)22-34(30)38(37)35(41)40(24-28-6-4-8-32(20-28)43-2)36(39-38)45-25-29-7-5-9-33(21-29)44-3;1-35-24-12-14-29(15-13-24)18-23-11-10-21(9-8-20-6-7-20)17-26(23)30(29)27(34)33(28(31)32-30)19-22-4-3-5-25(16-22)36-2;1-26-17-8-10-21(11-9-17)13-16-7-6-15(5-4-14-2-3-14)12-18(16)22(21)19(25)23-20(27)24-22;1-10-8-4-2-3-7(5-8)6-9;2-1-4-3;;;;;/h4-9,14-15,20-22,26,31H,10-13,16-19,23-25H2,1-3H3;3-5,10-11,16-17,20,24H,6-9,12-15,18-19H2,1-2H3,(H2,31,32);6-7,12,14,17H,2-5,8-11,13H2,1H3,(H2,23,24,25,27);2-5H,6H2,1H3;1,3H;1H;;;1H3;/q;;;;;;2*+1;;-1/p-1. The number of nitrogens with one attached hydrogen (secondary N) is 2. The van der Waals surface area contributed by atoms with Crippen LogP contribution in [0.5, 0.6) is 23.0 Å². The number of halogens is 2. The molecule has 3 unspecified atom stereocenters. The van der Waals surface area contributed by atoms with E-state index in [2.05, 4.69) is 110 Å². The number of hydrogen-bond acceptors (Lipinski definition) is 19. The predicted molar refractivity (Wildman–Crippen MR) is 502 cm³/mol. The van der Waals surface area contributed by atoms with Gasteiger partial charge in [-0.1, -0.05) is 169 Å². The molecule has 0 radical (unpaired) electrons. The van der Waals surface area contributed by atoms with Crippen LogP contribution in [0.4, 0.5) is 0 Å². The van der Waals surface area contributed by atoms with Gasteiger partial charge in [0.15, 0.2) is 32.9 Å². The molecule has 7 aromatic carbocycles. The number of hydrogen-bond donors (Lipinski definition) is 4. The molecule has 0 aromatic heterocycles. The second-order valence-corrected chi connectivity index (χ2v) is 37.8. The molecule has 0 bridgehead atoms. The predicted octanol–water partition coefficient (Wildman–Crippen LogP) is 11.7. The van der Waals surface area contributed by atoms with E-state index < -0.39 is 16.6 Å². The van der Waals surface area contributed by atoms with Gasteiger partial charge in [-0.25, -0.2) is 9.98 Å². The van der Waals surface area contributed by atoms with Crippen LogP contribution in [-0.2, 0) is 118 Å². The Hall–Kier alpha value is -4.72. The number of aryl methyl sites for hydroxylation is 3. The van der Waals surface area contributed by atoms with Crippen LogP contribution in [0.1, 0.15) is 209 Å². The quantitative estimate of drug-likeness (QED) is 0.00832. The van der Waals surface area contributed by atoms with E-state index in [-0.39, 0.29) is 187 Å². The molecule has 3 amide bonds. The van der Waals surface area contributed by atoms with Crippen molar-refractivity contribution in [1.82, 2.24) is 26.6 Å². The molecule has 1 saturated heterocycles. The topological polar surface area (TPSA) is 281 Å². The van der Waals surface area contributed by atoms with Crippen molar-refractivity contribution in [3.8, 4) is 23.0 Å². The van der Waals surface area contributed by atoms with Crippen molar-refractivity contribution in [2.24, 2.45) is 49.7 Å². The first-order valence-corrected chi connectivity index (χ1v) is 46.4.